The van der Waals surface area contributed by atoms with Gasteiger partial charge in [0.15, 0.2) is 5.78 Å². The molecule has 2 aromatic rings. The Morgan fingerprint density at radius 1 is 1.03 bits per heavy atom. The molecule has 1 aliphatic carbocycles. The summed E-state index contributed by atoms with van der Waals surface area (Å²) in [7, 11) is 0. The number of anilines is 1. The Labute approximate surface area is 188 Å². The second-order valence-electron chi connectivity index (χ2n) is 9.18. The lowest BCUT2D eigenvalue weighted by molar-refractivity contribution is -0.186. The van der Waals surface area contributed by atoms with Crippen molar-refractivity contribution in [2.75, 3.05) is 4.90 Å². The highest BCUT2D eigenvalue weighted by molar-refractivity contribution is 6.21. The Hall–Kier alpha value is -3.49. The molecule has 0 saturated heterocycles. The minimum Gasteiger partial charge on any atom is -0.326 e. The van der Waals surface area contributed by atoms with E-state index in [1.54, 1.807) is 26.0 Å². The number of halogens is 3. The molecule has 1 N–H and O–H groups in total. The molecule has 0 radical (unpaired) electrons. The van der Waals surface area contributed by atoms with Gasteiger partial charge in [-0.1, -0.05) is 31.5 Å². The number of aromatic nitrogens is 1. The van der Waals surface area contributed by atoms with E-state index in [4.69, 9.17) is 0 Å². The molecule has 1 unspecified atom stereocenters. The average Bonchev–Trinajstić information content (AvgIpc) is 2.97. The summed E-state index contributed by atoms with van der Waals surface area (Å²) in [4.78, 5) is 44.3. The first-order valence-electron chi connectivity index (χ1n) is 10.3. The van der Waals surface area contributed by atoms with Crippen LogP contribution in [0.3, 0.4) is 0 Å². The average molecular weight is 457 g/mol. The molecule has 1 aliphatic heterocycles. The maximum absolute atomic E-state index is 14.8. The van der Waals surface area contributed by atoms with E-state index in [9.17, 15) is 27.6 Å². The van der Waals surface area contributed by atoms with Crippen LogP contribution in [0.1, 0.15) is 42.6 Å². The van der Waals surface area contributed by atoms with Gasteiger partial charge in [-0.2, -0.15) is 13.2 Å². The molecule has 2 heterocycles. The van der Waals surface area contributed by atoms with Crippen molar-refractivity contribution in [3.05, 3.63) is 71.2 Å². The molecule has 6 nitrogen and oxygen atoms in total. The van der Waals surface area contributed by atoms with E-state index in [1.165, 1.54) is 36.7 Å². The van der Waals surface area contributed by atoms with Gasteiger partial charge in [0.1, 0.15) is 0 Å². The minimum atomic E-state index is -5.26. The van der Waals surface area contributed by atoms with E-state index in [0.717, 1.165) is 10.5 Å². The lowest BCUT2D eigenvalue weighted by Crippen LogP contribution is -2.66. The van der Waals surface area contributed by atoms with Gasteiger partial charge in [-0.25, -0.2) is 0 Å². The molecule has 9 heteroatoms. The number of nitrogens with one attached hydrogen (secondary N) is 1. The maximum Gasteiger partial charge on any atom is 0.425 e. The number of nitrogens with zero attached hydrogens (tertiary/aromatic N) is 2. The fourth-order valence-corrected chi connectivity index (χ4v) is 4.46. The van der Waals surface area contributed by atoms with Crippen LogP contribution in [-0.2, 0) is 9.59 Å². The molecule has 172 valence electrons. The number of allylic oxidation sites excluding steroid dienone is 1. The number of hydrogen-bond acceptors (Lipinski definition) is 4. The van der Waals surface area contributed by atoms with Crippen LogP contribution in [0.5, 0.6) is 0 Å². The summed E-state index contributed by atoms with van der Waals surface area (Å²) in [5.74, 6) is -3.35. The molecule has 1 aromatic heterocycles. The van der Waals surface area contributed by atoms with Crippen LogP contribution in [-0.4, -0.2) is 34.3 Å². The zero-order valence-corrected chi connectivity index (χ0v) is 18.3. The molecule has 1 aromatic carbocycles. The SMILES string of the molecule is Cc1ccc(N2C(=O)C(NC(=O)c3ccncc3)(C(F)(F)F)C3=C2CC(C)(C)CC3=O)cc1. The van der Waals surface area contributed by atoms with Crippen molar-refractivity contribution < 1.29 is 27.6 Å². The minimum absolute atomic E-state index is 0.0301. The van der Waals surface area contributed by atoms with Crippen LogP contribution in [0.2, 0.25) is 0 Å². The van der Waals surface area contributed by atoms with E-state index in [-0.39, 0.29) is 29.8 Å². The molecular formula is C24H22F3N3O3. The lowest BCUT2D eigenvalue weighted by atomic mass is 9.72. The van der Waals surface area contributed by atoms with Crippen LogP contribution in [0.15, 0.2) is 60.1 Å². The molecule has 1 atom stereocenters. The highest BCUT2D eigenvalue weighted by Crippen LogP contribution is 2.52. The van der Waals surface area contributed by atoms with Crippen LogP contribution in [0.4, 0.5) is 18.9 Å². The third-order valence-electron chi connectivity index (χ3n) is 5.98. The van der Waals surface area contributed by atoms with Crippen molar-refractivity contribution in [3.63, 3.8) is 0 Å². The molecule has 0 bridgehead atoms. The van der Waals surface area contributed by atoms with E-state index in [1.807, 2.05) is 12.2 Å². The van der Waals surface area contributed by atoms with E-state index in [2.05, 4.69) is 4.98 Å². The summed E-state index contributed by atoms with van der Waals surface area (Å²) in [6.07, 6.45) is -2.86. The summed E-state index contributed by atoms with van der Waals surface area (Å²) in [5.41, 5.74) is -3.93. The van der Waals surface area contributed by atoms with E-state index >= 15 is 0 Å². The number of pyridine rings is 1. The third kappa shape index (κ3) is 3.61. The van der Waals surface area contributed by atoms with E-state index in [0.29, 0.717) is 0 Å². The number of Topliss-reactive ketones (excluding diaryl/α,β-unsaturated/α-hetero) is 1. The molecular weight excluding hydrogens is 435 g/mol. The molecule has 2 amide bonds. The highest BCUT2D eigenvalue weighted by atomic mass is 19.4. The number of rotatable bonds is 3. The molecule has 0 saturated carbocycles. The van der Waals surface area contributed by atoms with Gasteiger partial charge in [-0.3, -0.25) is 24.3 Å². The third-order valence-corrected chi connectivity index (χ3v) is 5.98. The summed E-state index contributed by atoms with van der Waals surface area (Å²) >= 11 is 0. The smallest absolute Gasteiger partial charge is 0.326 e. The van der Waals surface area contributed by atoms with Gasteiger partial charge in [0.25, 0.3) is 11.8 Å². The largest absolute Gasteiger partial charge is 0.425 e. The van der Waals surface area contributed by atoms with Crippen LogP contribution in [0, 0.1) is 12.3 Å². The normalized spacial score (nSPS) is 22.4. The van der Waals surface area contributed by atoms with Gasteiger partial charge in [0, 0.05) is 35.8 Å². The summed E-state index contributed by atoms with van der Waals surface area (Å²) in [6.45, 7) is 5.33. The Bertz CT molecular complexity index is 1170. The van der Waals surface area contributed by atoms with Gasteiger partial charge in [-0.05, 0) is 43.0 Å². The predicted molar refractivity (Wildman–Crippen MR) is 114 cm³/mol. The second kappa shape index (κ2) is 7.54. The number of amides is 2. The zero-order valence-electron chi connectivity index (χ0n) is 18.3. The number of carbonyl (C=O) groups excluding carboxylic acids is 3. The first-order chi connectivity index (χ1) is 15.4. The standard InChI is InChI=1S/C24H22F3N3O3/c1-14-4-6-16(7-5-14)30-17-12-22(2,3)13-18(31)19(17)23(21(30)33,24(25,26)27)29-20(32)15-8-10-28-11-9-15/h4-11H,12-13H2,1-3H3,(H,29,32). The Morgan fingerprint density at radius 3 is 2.21 bits per heavy atom. The summed E-state index contributed by atoms with van der Waals surface area (Å²) < 4.78 is 44.3. The quantitative estimate of drug-likeness (QED) is 0.753. The van der Waals surface area contributed by atoms with Gasteiger partial charge >= 0.3 is 6.18 Å². The van der Waals surface area contributed by atoms with Crippen molar-refractivity contribution in [2.24, 2.45) is 5.41 Å². The molecule has 0 fully saturated rings. The molecule has 0 spiro atoms. The Balaban J connectivity index is 1.94. The van der Waals surface area contributed by atoms with Gasteiger partial charge < -0.3 is 5.32 Å². The number of hydrogen-bond donors (Lipinski definition) is 1. The molecule has 33 heavy (non-hydrogen) atoms. The van der Waals surface area contributed by atoms with Crippen molar-refractivity contribution in [1.82, 2.24) is 10.3 Å². The Kier molecular flexibility index (Phi) is 5.18. The van der Waals surface area contributed by atoms with Crippen LogP contribution >= 0.6 is 0 Å². The molecule has 2 aliphatic rings. The first-order valence-corrected chi connectivity index (χ1v) is 10.3. The number of benzene rings is 1. The number of aryl methyl sites for hydroxylation is 1. The van der Waals surface area contributed by atoms with Crippen molar-refractivity contribution >= 4 is 23.3 Å². The highest BCUT2D eigenvalue weighted by Gasteiger charge is 2.72. The zero-order chi connectivity index (χ0) is 24.2. The summed E-state index contributed by atoms with van der Waals surface area (Å²) in [5, 5.41) is 1.90. The van der Waals surface area contributed by atoms with Crippen molar-refractivity contribution in [1.29, 1.82) is 0 Å². The van der Waals surface area contributed by atoms with Crippen molar-refractivity contribution in [3.8, 4) is 0 Å². The van der Waals surface area contributed by atoms with E-state index < -0.39 is 40.3 Å². The fraction of sp³-hybridized carbons (Fsp3) is 0.333. The fourth-order valence-electron chi connectivity index (χ4n) is 4.46. The van der Waals surface area contributed by atoms with Crippen molar-refractivity contribution in [2.45, 2.75) is 45.3 Å². The number of carbonyl (C=O) groups is 3. The first kappa shape index (κ1) is 22.7. The monoisotopic (exact) mass is 457 g/mol. The second-order valence-corrected chi connectivity index (χ2v) is 9.18. The van der Waals surface area contributed by atoms with Crippen LogP contribution < -0.4 is 10.2 Å². The van der Waals surface area contributed by atoms with Crippen LogP contribution in [0.25, 0.3) is 0 Å². The topological polar surface area (TPSA) is 79.4 Å². The lowest BCUT2D eigenvalue weighted by Gasteiger charge is -2.35. The molecule has 4 rings (SSSR count). The van der Waals surface area contributed by atoms with Gasteiger partial charge in [-0.15, -0.1) is 0 Å². The maximum atomic E-state index is 14.8. The summed E-state index contributed by atoms with van der Waals surface area (Å²) in [6, 6.07) is 8.86. The number of ketones is 1. The number of alkyl halides is 3. The van der Waals surface area contributed by atoms with Gasteiger partial charge in [0.05, 0.1) is 5.57 Å². The Morgan fingerprint density at radius 2 is 1.64 bits per heavy atom. The van der Waals surface area contributed by atoms with Gasteiger partial charge in [0.2, 0.25) is 5.54 Å². The predicted octanol–water partition coefficient (Wildman–Crippen LogP) is 4.11.